The Morgan fingerprint density at radius 1 is 1.35 bits per heavy atom. The third-order valence-electron chi connectivity index (χ3n) is 3.09. The highest BCUT2D eigenvalue weighted by molar-refractivity contribution is 7.80. The molecule has 0 amide bonds. The first-order chi connectivity index (χ1) is 9.49. The van der Waals surface area contributed by atoms with Crippen LogP contribution in [0.3, 0.4) is 0 Å². The van der Waals surface area contributed by atoms with Crippen molar-refractivity contribution in [3.05, 3.63) is 53.1 Å². The summed E-state index contributed by atoms with van der Waals surface area (Å²) in [5.41, 5.74) is 10.5. The smallest absolute Gasteiger partial charge is 0.107 e. The van der Waals surface area contributed by atoms with Gasteiger partial charge in [0.05, 0.1) is 23.5 Å². The molecule has 0 saturated heterocycles. The molecule has 0 spiro atoms. The predicted octanol–water partition coefficient (Wildman–Crippen LogP) is 2.36. The van der Waals surface area contributed by atoms with Gasteiger partial charge in [0.25, 0.3) is 0 Å². The normalized spacial score (nSPS) is 10.3. The van der Waals surface area contributed by atoms with E-state index in [-0.39, 0.29) is 0 Å². The molecule has 20 heavy (non-hydrogen) atoms. The van der Waals surface area contributed by atoms with Crippen molar-refractivity contribution >= 4 is 22.9 Å². The molecule has 104 valence electrons. The van der Waals surface area contributed by atoms with Gasteiger partial charge in [-0.1, -0.05) is 18.3 Å². The average Bonchev–Trinajstić information content (AvgIpc) is 2.38. The number of hydrogen-bond acceptors (Lipinski definition) is 4. The van der Waals surface area contributed by atoms with Crippen LogP contribution >= 0.6 is 12.2 Å². The van der Waals surface area contributed by atoms with Crippen molar-refractivity contribution < 1.29 is 0 Å². The summed E-state index contributed by atoms with van der Waals surface area (Å²) in [5.74, 6) is 0. The van der Waals surface area contributed by atoms with Crippen molar-refractivity contribution in [2.45, 2.75) is 20.4 Å². The van der Waals surface area contributed by atoms with Crippen LogP contribution in [0.5, 0.6) is 0 Å². The van der Waals surface area contributed by atoms with Gasteiger partial charge in [0, 0.05) is 24.6 Å². The van der Waals surface area contributed by atoms with Crippen LogP contribution in [0.2, 0.25) is 0 Å². The van der Waals surface area contributed by atoms with Crippen LogP contribution in [0, 0.1) is 13.8 Å². The van der Waals surface area contributed by atoms with Gasteiger partial charge in [-0.05, 0) is 32.0 Å². The summed E-state index contributed by atoms with van der Waals surface area (Å²) >= 11 is 5.16. The van der Waals surface area contributed by atoms with Gasteiger partial charge in [-0.25, -0.2) is 0 Å². The summed E-state index contributed by atoms with van der Waals surface area (Å²) in [4.78, 5) is 11.2. The van der Waals surface area contributed by atoms with E-state index in [4.69, 9.17) is 18.0 Å². The molecular weight excluding hydrogens is 268 g/mol. The van der Waals surface area contributed by atoms with Gasteiger partial charge < -0.3 is 10.6 Å². The fraction of sp³-hybridized carbons (Fsp3) is 0.267. The Bertz CT molecular complexity index is 625. The Morgan fingerprint density at radius 2 is 2.10 bits per heavy atom. The van der Waals surface area contributed by atoms with E-state index in [1.54, 1.807) is 6.20 Å². The second-order valence-electron chi connectivity index (χ2n) is 4.78. The van der Waals surface area contributed by atoms with Crippen LogP contribution in [-0.2, 0) is 6.54 Å². The van der Waals surface area contributed by atoms with Gasteiger partial charge in [0.2, 0.25) is 0 Å². The lowest BCUT2D eigenvalue weighted by atomic mass is 10.1. The van der Waals surface area contributed by atoms with Crippen LogP contribution in [0.4, 0.5) is 5.69 Å². The third-order valence-corrected chi connectivity index (χ3v) is 3.29. The maximum Gasteiger partial charge on any atom is 0.107 e. The lowest BCUT2D eigenvalue weighted by Crippen LogP contribution is -2.23. The van der Waals surface area contributed by atoms with Crippen LogP contribution in [-0.4, -0.2) is 22.0 Å². The number of aryl methyl sites for hydroxylation is 2. The van der Waals surface area contributed by atoms with Crippen LogP contribution in [0.15, 0.2) is 30.5 Å². The summed E-state index contributed by atoms with van der Waals surface area (Å²) in [7, 11) is 2.00. The minimum absolute atomic E-state index is 0.373. The zero-order valence-corrected chi connectivity index (χ0v) is 12.7. The van der Waals surface area contributed by atoms with E-state index in [0.29, 0.717) is 11.5 Å². The van der Waals surface area contributed by atoms with Crippen LogP contribution in [0.1, 0.15) is 22.6 Å². The molecule has 0 aliphatic rings. The van der Waals surface area contributed by atoms with Gasteiger partial charge in [-0.2, -0.15) is 0 Å². The van der Waals surface area contributed by atoms with Crippen molar-refractivity contribution in [2.75, 3.05) is 11.9 Å². The van der Waals surface area contributed by atoms with E-state index in [0.717, 1.165) is 28.3 Å². The molecule has 0 bridgehead atoms. The lowest BCUT2D eigenvalue weighted by Gasteiger charge is -2.23. The third kappa shape index (κ3) is 3.11. The van der Waals surface area contributed by atoms with E-state index in [1.165, 1.54) is 0 Å². The molecule has 0 radical (unpaired) electrons. The molecule has 0 aliphatic heterocycles. The first-order valence-electron chi connectivity index (χ1n) is 6.38. The Balaban J connectivity index is 2.38. The largest absolute Gasteiger partial charge is 0.389 e. The van der Waals surface area contributed by atoms with E-state index in [9.17, 15) is 0 Å². The van der Waals surface area contributed by atoms with E-state index in [1.807, 2.05) is 45.2 Å². The molecule has 0 saturated carbocycles. The quantitative estimate of drug-likeness (QED) is 0.875. The zero-order chi connectivity index (χ0) is 14.7. The predicted molar refractivity (Wildman–Crippen MR) is 85.9 cm³/mol. The van der Waals surface area contributed by atoms with Gasteiger partial charge in [-0.3, -0.25) is 9.97 Å². The number of thiocarbonyl (C=S) groups is 1. The summed E-state index contributed by atoms with van der Waals surface area (Å²) in [6.07, 6.45) is 1.79. The zero-order valence-electron chi connectivity index (χ0n) is 11.9. The van der Waals surface area contributed by atoms with Crippen molar-refractivity contribution in [2.24, 2.45) is 5.73 Å². The average molecular weight is 286 g/mol. The lowest BCUT2D eigenvalue weighted by molar-refractivity contribution is 0.878. The van der Waals surface area contributed by atoms with Crippen molar-refractivity contribution in [1.29, 1.82) is 0 Å². The van der Waals surface area contributed by atoms with E-state index >= 15 is 0 Å². The molecule has 2 rings (SSSR count). The SMILES string of the molecule is Cc1cc(N(C)Cc2ccccn2)c(C(N)=S)c(C)n1. The van der Waals surface area contributed by atoms with Crippen LogP contribution in [0.25, 0.3) is 0 Å². The molecule has 2 heterocycles. The second kappa shape index (κ2) is 5.96. The number of nitrogens with zero attached hydrogens (tertiary/aromatic N) is 3. The highest BCUT2D eigenvalue weighted by atomic mass is 32.1. The highest BCUT2D eigenvalue weighted by Crippen LogP contribution is 2.24. The first kappa shape index (κ1) is 14.4. The Kier molecular flexibility index (Phi) is 4.29. The molecule has 0 fully saturated rings. The number of nitrogens with two attached hydrogens (primary N) is 1. The van der Waals surface area contributed by atoms with Crippen molar-refractivity contribution in [3.8, 4) is 0 Å². The van der Waals surface area contributed by atoms with Gasteiger partial charge in [0.15, 0.2) is 0 Å². The summed E-state index contributed by atoms with van der Waals surface area (Å²) in [6, 6.07) is 7.89. The van der Waals surface area contributed by atoms with Gasteiger partial charge in [0.1, 0.15) is 4.99 Å². The minimum Gasteiger partial charge on any atom is -0.389 e. The standard InChI is InChI=1S/C15H18N4S/c1-10-8-13(14(15(16)20)11(2)18-10)19(3)9-12-6-4-5-7-17-12/h4-8H,9H2,1-3H3,(H2,16,20). The summed E-state index contributed by atoms with van der Waals surface area (Å²) < 4.78 is 0. The Hall–Kier alpha value is -2.01. The van der Waals surface area contributed by atoms with Crippen LogP contribution < -0.4 is 10.6 Å². The summed E-state index contributed by atoms with van der Waals surface area (Å²) in [6.45, 7) is 4.59. The monoisotopic (exact) mass is 286 g/mol. The fourth-order valence-corrected chi connectivity index (χ4v) is 2.49. The molecule has 2 aromatic rings. The molecule has 5 heteroatoms. The van der Waals surface area contributed by atoms with Gasteiger partial charge in [-0.15, -0.1) is 0 Å². The number of hydrogen-bond donors (Lipinski definition) is 1. The molecule has 2 N–H and O–H groups in total. The van der Waals surface area contributed by atoms with Crippen molar-refractivity contribution in [3.63, 3.8) is 0 Å². The Labute approximate surface area is 124 Å². The maximum atomic E-state index is 5.85. The molecule has 0 aliphatic carbocycles. The summed E-state index contributed by atoms with van der Waals surface area (Å²) in [5, 5.41) is 0. The topological polar surface area (TPSA) is 55.0 Å². The highest BCUT2D eigenvalue weighted by Gasteiger charge is 2.15. The minimum atomic E-state index is 0.373. The maximum absolute atomic E-state index is 5.85. The molecule has 2 aromatic heterocycles. The molecular formula is C15H18N4S. The molecule has 0 atom stereocenters. The van der Waals surface area contributed by atoms with E-state index in [2.05, 4.69) is 14.9 Å². The molecule has 0 aromatic carbocycles. The Morgan fingerprint density at radius 3 is 2.70 bits per heavy atom. The first-order valence-corrected chi connectivity index (χ1v) is 6.79. The second-order valence-corrected chi connectivity index (χ2v) is 5.22. The number of anilines is 1. The number of rotatable bonds is 4. The molecule has 0 unspecified atom stereocenters. The number of pyridine rings is 2. The number of aromatic nitrogens is 2. The molecule has 4 nitrogen and oxygen atoms in total. The fourth-order valence-electron chi connectivity index (χ4n) is 2.23. The van der Waals surface area contributed by atoms with Crippen molar-refractivity contribution in [1.82, 2.24) is 9.97 Å². The van der Waals surface area contributed by atoms with E-state index < -0.39 is 0 Å². The van der Waals surface area contributed by atoms with Gasteiger partial charge >= 0.3 is 0 Å².